The van der Waals surface area contributed by atoms with Crippen LogP contribution in [0.1, 0.15) is 44.2 Å². The summed E-state index contributed by atoms with van der Waals surface area (Å²) in [5.41, 5.74) is 1.90. The topological polar surface area (TPSA) is 36.4 Å². The zero-order valence-corrected chi connectivity index (χ0v) is 12.5. The lowest BCUT2D eigenvalue weighted by atomic mass is 10.0. The number of benzene rings is 1. The molecule has 2 fully saturated rings. The van der Waals surface area contributed by atoms with E-state index >= 15 is 0 Å². The molecule has 3 nitrogen and oxygen atoms in total. The Morgan fingerprint density at radius 2 is 2.00 bits per heavy atom. The van der Waals surface area contributed by atoms with E-state index in [1.807, 2.05) is 7.05 Å². The Hall–Kier alpha value is -1.51. The van der Waals surface area contributed by atoms with Crippen LogP contribution in [-0.2, 0) is 0 Å². The Morgan fingerprint density at radius 1 is 1.30 bits per heavy atom. The van der Waals surface area contributed by atoms with Gasteiger partial charge in [0.2, 0.25) is 0 Å². The molecule has 1 unspecified atom stereocenters. The van der Waals surface area contributed by atoms with Crippen molar-refractivity contribution in [2.75, 3.05) is 13.6 Å². The summed E-state index contributed by atoms with van der Waals surface area (Å²) < 4.78 is 0. The van der Waals surface area contributed by atoms with Crippen molar-refractivity contribution in [1.82, 2.24) is 10.6 Å². The standard InChI is InChI=1S/C17H25N3/c1-13(14-6-4-3-5-7-14)20-16(18-2)19-12-17(10-11-17)15-8-9-15/h3-7,13,15H,8-12H2,1-2H3,(H2,18,19,20). The lowest BCUT2D eigenvalue weighted by molar-refractivity contribution is 0.430. The maximum atomic E-state index is 4.36. The van der Waals surface area contributed by atoms with Gasteiger partial charge in [0.25, 0.3) is 0 Å². The lowest BCUT2D eigenvalue weighted by Gasteiger charge is -2.21. The van der Waals surface area contributed by atoms with Crippen molar-refractivity contribution in [2.24, 2.45) is 16.3 Å². The molecule has 2 saturated carbocycles. The average Bonchev–Trinajstić information content (AvgIpc) is 3.37. The van der Waals surface area contributed by atoms with Gasteiger partial charge in [-0.15, -0.1) is 0 Å². The Balaban J connectivity index is 1.52. The number of hydrogen-bond donors (Lipinski definition) is 2. The molecular formula is C17H25N3. The normalized spacial score (nSPS) is 22.2. The van der Waals surface area contributed by atoms with Crippen molar-refractivity contribution in [3.63, 3.8) is 0 Å². The number of hydrogen-bond acceptors (Lipinski definition) is 1. The molecule has 0 aromatic heterocycles. The van der Waals surface area contributed by atoms with E-state index in [4.69, 9.17) is 0 Å². The van der Waals surface area contributed by atoms with Crippen LogP contribution in [-0.4, -0.2) is 19.6 Å². The third-order valence-electron chi connectivity index (χ3n) is 4.82. The highest BCUT2D eigenvalue weighted by Gasteiger charge is 2.53. The number of guanidine groups is 1. The molecule has 0 radical (unpaired) electrons. The van der Waals surface area contributed by atoms with E-state index in [0.29, 0.717) is 5.41 Å². The summed E-state index contributed by atoms with van der Waals surface area (Å²) in [6.07, 6.45) is 5.67. The Kier molecular flexibility index (Phi) is 3.68. The van der Waals surface area contributed by atoms with E-state index in [9.17, 15) is 0 Å². The third-order valence-corrected chi connectivity index (χ3v) is 4.82. The molecule has 1 aromatic rings. The summed E-state index contributed by atoms with van der Waals surface area (Å²) in [6, 6.07) is 10.8. The average molecular weight is 271 g/mol. The molecule has 1 atom stereocenters. The molecule has 0 saturated heterocycles. The fourth-order valence-corrected chi connectivity index (χ4v) is 3.07. The van der Waals surface area contributed by atoms with Crippen LogP contribution in [0.3, 0.4) is 0 Å². The van der Waals surface area contributed by atoms with Crippen molar-refractivity contribution in [3.05, 3.63) is 35.9 Å². The van der Waals surface area contributed by atoms with Crippen molar-refractivity contribution < 1.29 is 0 Å². The summed E-state index contributed by atoms with van der Waals surface area (Å²) in [4.78, 5) is 4.36. The first-order valence-electron chi connectivity index (χ1n) is 7.76. The lowest BCUT2D eigenvalue weighted by Crippen LogP contribution is -2.41. The molecule has 20 heavy (non-hydrogen) atoms. The van der Waals surface area contributed by atoms with Gasteiger partial charge in [-0.25, -0.2) is 0 Å². The number of aliphatic imine (C=N–C) groups is 1. The van der Waals surface area contributed by atoms with Gasteiger partial charge in [-0.3, -0.25) is 4.99 Å². The Bertz CT molecular complexity index is 472. The summed E-state index contributed by atoms with van der Waals surface area (Å²) in [7, 11) is 1.85. The van der Waals surface area contributed by atoms with Crippen LogP contribution >= 0.6 is 0 Å². The Labute approximate surface area is 121 Å². The van der Waals surface area contributed by atoms with Gasteiger partial charge in [-0.1, -0.05) is 30.3 Å². The molecule has 0 spiro atoms. The first-order chi connectivity index (χ1) is 9.73. The highest BCUT2D eigenvalue weighted by molar-refractivity contribution is 5.80. The van der Waals surface area contributed by atoms with Crippen LogP contribution < -0.4 is 10.6 Å². The van der Waals surface area contributed by atoms with Crippen LogP contribution in [0.4, 0.5) is 0 Å². The van der Waals surface area contributed by atoms with E-state index < -0.39 is 0 Å². The third kappa shape index (κ3) is 2.97. The van der Waals surface area contributed by atoms with Crippen molar-refractivity contribution in [2.45, 2.75) is 38.6 Å². The van der Waals surface area contributed by atoms with Crippen molar-refractivity contribution in [1.29, 1.82) is 0 Å². The first kappa shape index (κ1) is 13.5. The highest BCUT2D eigenvalue weighted by atomic mass is 15.2. The fourth-order valence-electron chi connectivity index (χ4n) is 3.07. The van der Waals surface area contributed by atoms with Gasteiger partial charge in [-0.2, -0.15) is 0 Å². The zero-order valence-electron chi connectivity index (χ0n) is 12.5. The van der Waals surface area contributed by atoms with Gasteiger partial charge >= 0.3 is 0 Å². The summed E-state index contributed by atoms with van der Waals surface area (Å²) in [5, 5.41) is 7.01. The van der Waals surface area contributed by atoms with Gasteiger partial charge in [0, 0.05) is 13.6 Å². The molecule has 2 N–H and O–H groups in total. The van der Waals surface area contributed by atoms with Crippen LogP contribution in [0.2, 0.25) is 0 Å². The summed E-state index contributed by atoms with van der Waals surface area (Å²) >= 11 is 0. The Morgan fingerprint density at radius 3 is 2.55 bits per heavy atom. The fraction of sp³-hybridized carbons (Fsp3) is 0.588. The van der Waals surface area contributed by atoms with E-state index in [-0.39, 0.29) is 6.04 Å². The number of nitrogens with one attached hydrogen (secondary N) is 2. The minimum absolute atomic E-state index is 0.276. The molecule has 0 heterocycles. The van der Waals surface area contributed by atoms with Crippen LogP contribution in [0.5, 0.6) is 0 Å². The van der Waals surface area contributed by atoms with Gasteiger partial charge in [-0.05, 0) is 49.5 Å². The molecule has 3 rings (SSSR count). The van der Waals surface area contributed by atoms with Crippen LogP contribution in [0.15, 0.2) is 35.3 Å². The molecule has 2 aliphatic rings. The van der Waals surface area contributed by atoms with Crippen molar-refractivity contribution in [3.8, 4) is 0 Å². The van der Waals surface area contributed by atoms with E-state index in [1.165, 1.54) is 31.2 Å². The predicted octanol–water partition coefficient (Wildman–Crippen LogP) is 3.10. The molecule has 108 valence electrons. The molecule has 0 amide bonds. The number of nitrogens with zero attached hydrogens (tertiary/aromatic N) is 1. The van der Waals surface area contributed by atoms with Crippen molar-refractivity contribution >= 4 is 5.96 Å². The van der Waals surface area contributed by atoms with Crippen LogP contribution in [0, 0.1) is 11.3 Å². The van der Waals surface area contributed by atoms with E-state index in [2.05, 4.69) is 52.9 Å². The van der Waals surface area contributed by atoms with E-state index in [1.54, 1.807) is 0 Å². The molecule has 2 aliphatic carbocycles. The maximum absolute atomic E-state index is 4.36. The summed E-state index contributed by atoms with van der Waals surface area (Å²) in [6.45, 7) is 3.26. The first-order valence-corrected chi connectivity index (χ1v) is 7.76. The quantitative estimate of drug-likeness (QED) is 0.638. The largest absolute Gasteiger partial charge is 0.356 e. The predicted molar refractivity (Wildman–Crippen MR) is 83.7 cm³/mol. The van der Waals surface area contributed by atoms with Gasteiger partial charge in [0.1, 0.15) is 0 Å². The molecule has 0 aliphatic heterocycles. The second kappa shape index (κ2) is 5.47. The molecule has 1 aromatic carbocycles. The minimum atomic E-state index is 0.276. The second-order valence-corrected chi connectivity index (χ2v) is 6.34. The zero-order chi connectivity index (χ0) is 14.0. The van der Waals surface area contributed by atoms with Crippen LogP contribution in [0.25, 0.3) is 0 Å². The van der Waals surface area contributed by atoms with Gasteiger partial charge in [0.05, 0.1) is 6.04 Å². The minimum Gasteiger partial charge on any atom is -0.356 e. The maximum Gasteiger partial charge on any atom is 0.191 e. The smallest absolute Gasteiger partial charge is 0.191 e. The van der Waals surface area contributed by atoms with Gasteiger partial charge in [0.15, 0.2) is 5.96 Å². The summed E-state index contributed by atoms with van der Waals surface area (Å²) in [5.74, 6) is 1.91. The monoisotopic (exact) mass is 271 g/mol. The van der Waals surface area contributed by atoms with Gasteiger partial charge < -0.3 is 10.6 Å². The molecule has 0 bridgehead atoms. The van der Waals surface area contributed by atoms with E-state index in [0.717, 1.165) is 18.4 Å². The second-order valence-electron chi connectivity index (χ2n) is 6.34. The highest BCUT2D eigenvalue weighted by Crippen LogP contribution is 2.60. The number of rotatable bonds is 5. The molecule has 3 heteroatoms. The SMILES string of the molecule is CN=C(NCC1(C2CC2)CC1)NC(C)c1ccccc1. The molecular weight excluding hydrogens is 246 g/mol.